The number of methoxy groups -OCH3 is 1. The molecule has 0 unspecified atom stereocenters. The van der Waals surface area contributed by atoms with E-state index in [1.807, 2.05) is 45.0 Å². The summed E-state index contributed by atoms with van der Waals surface area (Å²) in [6.45, 7) is 6.53. The minimum atomic E-state index is 0.108. The zero-order chi connectivity index (χ0) is 12.8. The fourth-order valence-electron chi connectivity index (χ4n) is 1.49. The number of benzene rings is 1. The lowest BCUT2D eigenvalue weighted by molar-refractivity contribution is 0.229. The van der Waals surface area contributed by atoms with E-state index in [0.29, 0.717) is 6.54 Å². The first-order chi connectivity index (χ1) is 8.08. The Morgan fingerprint density at radius 2 is 2.12 bits per heavy atom. The lowest BCUT2D eigenvalue weighted by Gasteiger charge is -2.16. The van der Waals surface area contributed by atoms with Crippen molar-refractivity contribution in [1.82, 2.24) is 0 Å². The van der Waals surface area contributed by atoms with Crippen LogP contribution in [0.3, 0.4) is 0 Å². The summed E-state index contributed by atoms with van der Waals surface area (Å²) in [6.07, 6.45) is 2.14. The predicted molar refractivity (Wildman–Crippen MR) is 71.5 cm³/mol. The van der Waals surface area contributed by atoms with E-state index in [-0.39, 0.29) is 6.10 Å². The van der Waals surface area contributed by atoms with Gasteiger partial charge in [-0.05, 0) is 26.8 Å². The highest BCUT2D eigenvalue weighted by Gasteiger charge is 2.10. The molecule has 0 spiro atoms. The molecule has 0 saturated carbocycles. The van der Waals surface area contributed by atoms with Gasteiger partial charge < -0.3 is 15.2 Å². The van der Waals surface area contributed by atoms with Gasteiger partial charge in [0.15, 0.2) is 11.5 Å². The molecule has 0 aliphatic carbocycles. The van der Waals surface area contributed by atoms with E-state index in [2.05, 4.69) is 0 Å². The SMILES string of the molecule is COc1cccc(C=C(C)CN)c1OC(C)C. The molecule has 2 N–H and O–H groups in total. The van der Waals surface area contributed by atoms with E-state index in [1.54, 1.807) is 7.11 Å². The van der Waals surface area contributed by atoms with Crippen LogP contribution in [-0.2, 0) is 0 Å². The van der Waals surface area contributed by atoms with E-state index in [9.17, 15) is 0 Å². The fraction of sp³-hybridized carbons (Fsp3) is 0.429. The maximum Gasteiger partial charge on any atom is 0.168 e. The average Bonchev–Trinajstić information content (AvgIpc) is 2.30. The summed E-state index contributed by atoms with van der Waals surface area (Å²) < 4.78 is 11.1. The van der Waals surface area contributed by atoms with Crippen LogP contribution in [0, 0.1) is 0 Å². The quantitative estimate of drug-likeness (QED) is 0.853. The molecule has 0 aliphatic heterocycles. The molecule has 0 amide bonds. The molecule has 1 aromatic carbocycles. The van der Waals surface area contributed by atoms with E-state index in [4.69, 9.17) is 15.2 Å². The topological polar surface area (TPSA) is 44.5 Å². The minimum Gasteiger partial charge on any atom is -0.493 e. The lowest BCUT2D eigenvalue weighted by Crippen LogP contribution is -2.08. The van der Waals surface area contributed by atoms with Crippen LogP contribution in [0.15, 0.2) is 23.8 Å². The molecule has 94 valence electrons. The first-order valence-electron chi connectivity index (χ1n) is 5.79. The maximum atomic E-state index is 5.80. The van der Waals surface area contributed by atoms with Crippen LogP contribution in [0.1, 0.15) is 26.3 Å². The van der Waals surface area contributed by atoms with Crippen molar-refractivity contribution in [1.29, 1.82) is 0 Å². The zero-order valence-electron chi connectivity index (χ0n) is 11.0. The minimum absolute atomic E-state index is 0.108. The molecule has 0 bridgehead atoms. The monoisotopic (exact) mass is 235 g/mol. The normalized spacial score (nSPS) is 11.8. The first kappa shape index (κ1) is 13.6. The number of ether oxygens (including phenoxy) is 2. The molecule has 0 aliphatic rings. The second-order valence-electron chi connectivity index (χ2n) is 4.24. The van der Waals surface area contributed by atoms with Gasteiger partial charge in [0.1, 0.15) is 0 Å². The van der Waals surface area contributed by atoms with Crippen LogP contribution in [0.2, 0.25) is 0 Å². The number of hydrogen-bond donors (Lipinski definition) is 1. The second-order valence-corrected chi connectivity index (χ2v) is 4.24. The molecule has 3 heteroatoms. The van der Waals surface area contributed by atoms with Gasteiger partial charge in [-0.2, -0.15) is 0 Å². The molecular formula is C14H21NO2. The van der Waals surface area contributed by atoms with Gasteiger partial charge in [0.05, 0.1) is 13.2 Å². The molecule has 17 heavy (non-hydrogen) atoms. The highest BCUT2D eigenvalue weighted by molar-refractivity contribution is 5.64. The van der Waals surface area contributed by atoms with Crippen LogP contribution in [0.4, 0.5) is 0 Å². The summed E-state index contributed by atoms with van der Waals surface area (Å²) in [4.78, 5) is 0. The number of para-hydroxylation sites is 1. The van der Waals surface area contributed by atoms with Crippen LogP contribution < -0.4 is 15.2 Å². The largest absolute Gasteiger partial charge is 0.493 e. The molecule has 1 rings (SSSR count). The highest BCUT2D eigenvalue weighted by atomic mass is 16.5. The van der Waals surface area contributed by atoms with Gasteiger partial charge >= 0.3 is 0 Å². The molecule has 0 heterocycles. The van der Waals surface area contributed by atoms with Gasteiger partial charge in [-0.25, -0.2) is 0 Å². The van der Waals surface area contributed by atoms with Crippen molar-refractivity contribution in [3.8, 4) is 11.5 Å². The number of nitrogens with two attached hydrogens (primary N) is 1. The van der Waals surface area contributed by atoms with Gasteiger partial charge in [-0.3, -0.25) is 0 Å². The third-order valence-corrected chi connectivity index (χ3v) is 2.31. The van der Waals surface area contributed by atoms with Crippen molar-refractivity contribution < 1.29 is 9.47 Å². The summed E-state index contributed by atoms with van der Waals surface area (Å²) in [6, 6.07) is 5.84. The van der Waals surface area contributed by atoms with Gasteiger partial charge in [-0.1, -0.05) is 23.8 Å². The van der Waals surface area contributed by atoms with Crippen LogP contribution in [-0.4, -0.2) is 19.8 Å². The molecule has 0 atom stereocenters. The smallest absolute Gasteiger partial charge is 0.168 e. The van der Waals surface area contributed by atoms with Gasteiger partial charge in [-0.15, -0.1) is 0 Å². The van der Waals surface area contributed by atoms with Gasteiger partial charge in [0.2, 0.25) is 0 Å². The third-order valence-electron chi connectivity index (χ3n) is 2.31. The molecule has 0 aromatic heterocycles. The predicted octanol–water partition coefficient (Wildman–Crippen LogP) is 2.84. The zero-order valence-corrected chi connectivity index (χ0v) is 11.0. The molecule has 0 fully saturated rings. The summed E-state index contributed by atoms with van der Waals surface area (Å²) in [5.74, 6) is 1.52. The Kier molecular flexibility index (Phi) is 5.04. The van der Waals surface area contributed by atoms with Crippen molar-refractivity contribution in [3.63, 3.8) is 0 Å². The summed E-state index contributed by atoms with van der Waals surface area (Å²) in [5.41, 5.74) is 7.71. The molecule has 0 radical (unpaired) electrons. The van der Waals surface area contributed by atoms with Crippen molar-refractivity contribution in [2.45, 2.75) is 26.9 Å². The summed E-state index contributed by atoms with van der Waals surface area (Å²) in [5, 5.41) is 0. The van der Waals surface area contributed by atoms with Crippen LogP contribution in [0.25, 0.3) is 6.08 Å². The Morgan fingerprint density at radius 1 is 1.41 bits per heavy atom. The summed E-state index contributed by atoms with van der Waals surface area (Å²) in [7, 11) is 1.64. The van der Waals surface area contributed by atoms with Gasteiger partial charge in [0, 0.05) is 12.1 Å². The number of rotatable bonds is 5. The van der Waals surface area contributed by atoms with Crippen molar-refractivity contribution >= 4 is 6.08 Å². The standard InChI is InChI=1S/C14H21NO2/c1-10(2)17-14-12(8-11(3)9-15)6-5-7-13(14)16-4/h5-8,10H,9,15H2,1-4H3. The van der Waals surface area contributed by atoms with E-state index < -0.39 is 0 Å². The van der Waals surface area contributed by atoms with Crippen molar-refractivity contribution in [2.24, 2.45) is 5.73 Å². The Labute approximate surface area is 103 Å². The second kappa shape index (κ2) is 6.30. The molecule has 3 nitrogen and oxygen atoms in total. The molecular weight excluding hydrogens is 214 g/mol. The van der Waals surface area contributed by atoms with Crippen molar-refractivity contribution in [2.75, 3.05) is 13.7 Å². The third kappa shape index (κ3) is 3.79. The lowest BCUT2D eigenvalue weighted by atomic mass is 10.1. The van der Waals surface area contributed by atoms with E-state index in [0.717, 1.165) is 22.6 Å². The number of hydrogen-bond acceptors (Lipinski definition) is 3. The van der Waals surface area contributed by atoms with Crippen LogP contribution >= 0.6 is 0 Å². The first-order valence-corrected chi connectivity index (χ1v) is 5.79. The van der Waals surface area contributed by atoms with Gasteiger partial charge in [0.25, 0.3) is 0 Å². The summed E-state index contributed by atoms with van der Waals surface area (Å²) >= 11 is 0. The van der Waals surface area contributed by atoms with E-state index >= 15 is 0 Å². The highest BCUT2D eigenvalue weighted by Crippen LogP contribution is 2.33. The average molecular weight is 235 g/mol. The fourth-order valence-corrected chi connectivity index (χ4v) is 1.49. The van der Waals surface area contributed by atoms with Crippen LogP contribution in [0.5, 0.6) is 11.5 Å². The van der Waals surface area contributed by atoms with E-state index in [1.165, 1.54) is 0 Å². The Bertz CT molecular complexity index is 397. The molecule has 0 saturated heterocycles. The Hall–Kier alpha value is -1.48. The maximum absolute atomic E-state index is 5.80. The molecule has 1 aromatic rings. The Morgan fingerprint density at radius 3 is 2.65 bits per heavy atom. The van der Waals surface area contributed by atoms with Crippen molar-refractivity contribution in [3.05, 3.63) is 29.3 Å². The Balaban J connectivity index is 3.19.